The van der Waals surface area contributed by atoms with Gasteiger partial charge in [0.05, 0.1) is 6.61 Å². The Hall–Kier alpha value is -0.0200. The van der Waals surface area contributed by atoms with Crippen LogP contribution >= 0.6 is 0 Å². The first-order valence-corrected chi connectivity index (χ1v) is 3.67. The van der Waals surface area contributed by atoms with Gasteiger partial charge in [0, 0.05) is 0 Å². The van der Waals surface area contributed by atoms with E-state index in [-0.39, 0.29) is 35.0 Å². The second-order valence-electron chi connectivity index (χ2n) is 2.56. The third-order valence-electron chi connectivity index (χ3n) is 1.82. The predicted molar refractivity (Wildman–Crippen MR) is 51.0 cm³/mol. The van der Waals surface area contributed by atoms with E-state index in [9.17, 15) is 0 Å². The Labute approximate surface area is 94.5 Å². The zero-order valence-electron chi connectivity index (χ0n) is 6.34. The van der Waals surface area contributed by atoms with Gasteiger partial charge >= 0.3 is 29.6 Å². The van der Waals surface area contributed by atoms with Crippen molar-refractivity contribution in [2.75, 3.05) is 6.61 Å². The fourth-order valence-electron chi connectivity index (χ4n) is 1.30. The quantitative estimate of drug-likeness (QED) is 0.532. The Balaban J connectivity index is 0.000000605. The Morgan fingerprint density at radius 2 is 1.92 bits per heavy atom. The van der Waals surface area contributed by atoms with Crippen molar-refractivity contribution < 1.29 is 10.2 Å². The van der Waals surface area contributed by atoms with Crippen molar-refractivity contribution in [1.29, 1.82) is 0 Å². The van der Waals surface area contributed by atoms with Gasteiger partial charge in [-0.05, 0) is 24.5 Å². The zero-order chi connectivity index (χ0) is 6.81. The van der Waals surface area contributed by atoms with E-state index < -0.39 is 0 Å². The summed E-state index contributed by atoms with van der Waals surface area (Å²) in [6.07, 6.45) is 2.34. The van der Waals surface area contributed by atoms with E-state index in [0.29, 0.717) is 0 Å². The normalized spacial score (nSPS) is 13.0. The van der Waals surface area contributed by atoms with Crippen molar-refractivity contribution in [3.8, 4) is 5.75 Å². The van der Waals surface area contributed by atoms with E-state index in [2.05, 4.69) is 12.1 Å². The van der Waals surface area contributed by atoms with Gasteiger partial charge in [-0.1, -0.05) is 18.2 Å². The minimum Gasteiger partial charge on any atom is -0.493 e. The summed E-state index contributed by atoms with van der Waals surface area (Å²) in [7, 11) is 0. The van der Waals surface area contributed by atoms with E-state index in [4.69, 9.17) is 4.74 Å². The number of rotatable bonds is 0. The van der Waals surface area contributed by atoms with Crippen LogP contribution in [0.1, 0.15) is 12.0 Å². The number of hydrogen-bond acceptors (Lipinski definition) is 1. The second-order valence-corrected chi connectivity index (χ2v) is 2.56. The molecule has 0 fully saturated rings. The molecule has 1 aromatic rings. The molecule has 1 aromatic carbocycles. The van der Waals surface area contributed by atoms with Crippen LogP contribution in [0.4, 0.5) is 0 Å². The maximum absolute atomic E-state index is 5.42. The number of aryl methyl sites for hydroxylation is 1. The van der Waals surface area contributed by atoms with Gasteiger partial charge in [-0.15, -0.1) is 0 Å². The molecule has 0 unspecified atom stereocenters. The minimum atomic E-state index is 0. The molecule has 0 spiro atoms. The van der Waals surface area contributed by atoms with Crippen LogP contribution in [0.25, 0.3) is 0 Å². The maximum atomic E-state index is 5.42. The predicted octanol–water partition coefficient (Wildman–Crippen LogP) is 0.538. The van der Waals surface area contributed by atoms with E-state index in [1.54, 1.807) is 0 Å². The molecule has 62 valence electrons. The van der Waals surface area contributed by atoms with E-state index in [1.807, 2.05) is 12.1 Å². The molecule has 0 saturated heterocycles. The molecule has 2 nitrogen and oxygen atoms in total. The smallest absolute Gasteiger partial charge is 0.122 e. The number of benzene rings is 1. The third-order valence-corrected chi connectivity index (χ3v) is 1.82. The van der Waals surface area contributed by atoms with E-state index >= 15 is 0 Å². The van der Waals surface area contributed by atoms with Gasteiger partial charge in [-0.25, -0.2) is 0 Å². The molecule has 1 aliphatic heterocycles. The summed E-state index contributed by atoms with van der Waals surface area (Å²) in [5.74, 6) is 1.08. The standard InChI is InChI=1S/C9H10O.Na.H2O.H/c1-2-6-9-8(4-1)5-3-7-10-9;;;/h1-2,4,6H,3,5,7H2;;1H2;. The topological polar surface area (TPSA) is 40.7 Å². The Bertz CT molecular complexity index is 213. The summed E-state index contributed by atoms with van der Waals surface area (Å²) < 4.78 is 5.42. The maximum Gasteiger partial charge on any atom is 0.122 e. The van der Waals surface area contributed by atoms with Crippen molar-refractivity contribution in [2.24, 2.45) is 0 Å². The molecule has 2 rings (SSSR count). The summed E-state index contributed by atoms with van der Waals surface area (Å²) >= 11 is 0. The molecular weight excluding hydrogens is 163 g/mol. The van der Waals surface area contributed by atoms with Gasteiger partial charge < -0.3 is 10.2 Å². The summed E-state index contributed by atoms with van der Waals surface area (Å²) in [6.45, 7) is 0.886. The second kappa shape index (κ2) is 5.60. The largest absolute Gasteiger partial charge is 0.493 e. The third kappa shape index (κ3) is 2.49. The van der Waals surface area contributed by atoms with Crippen molar-refractivity contribution in [3.05, 3.63) is 29.8 Å². The molecule has 0 aromatic heterocycles. The minimum absolute atomic E-state index is 0. The first kappa shape index (κ1) is 12.0. The fraction of sp³-hybridized carbons (Fsp3) is 0.333. The monoisotopic (exact) mass is 176 g/mol. The van der Waals surface area contributed by atoms with Crippen LogP contribution in [0.15, 0.2) is 24.3 Å². The molecule has 12 heavy (non-hydrogen) atoms. The van der Waals surface area contributed by atoms with Crippen LogP contribution in [0, 0.1) is 0 Å². The average molecular weight is 176 g/mol. The Kier molecular flexibility index (Phi) is 5.59. The van der Waals surface area contributed by atoms with Gasteiger partial charge in [-0.3, -0.25) is 0 Å². The number of ether oxygens (including phenoxy) is 1. The van der Waals surface area contributed by atoms with Crippen molar-refractivity contribution in [1.82, 2.24) is 0 Å². The molecule has 2 N–H and O–H groups in total. The average Bonchev–Trinajstić information content (AvgIpc) is 2.05. The first-order valence-electron chi connectivity index (χ1n) is 3.67. The van der Waals surface area contributed by atoms with Gasteiger partial charge in [0.2, 0.25) is 0 Å². The van der Waals surface area contributed by atoms with Gasteiger partial charge in [0.15, 0.2) is 0 Å². The Morgan fingerprint density at radius 1 is 1.17 bits per heavy atom. The molecular formula is C9H13NaO2. The van der Waals surface area contributed by atoms with Gasteiger partial charge in [0.1, 0.15) is 5.75 Å². The molecule has 3 heteroatoms. The zero-order valence-corrected chi connectivity index (χ0v) is 6.34. The molecule has 0 atom stereocenters. The fourth-order valence-corrected chi connectivity index (χ4v) is 1.30. The summed E-state index contributed by atoms with van der Waals surface area (Å²) in [6, 6.07) is 8.25. The van der Waals surface area contributed by atoms with Crippen molar-refractivity contribution >= 4 is 29.6 Å². The van der Waals surface area contributed by atoms with E-state index in [0.717, 1.165) is 18.8 Å². The van der Waals surface area contributed by atoms with Crippen molar-refractivity contribution in [2.45, 2.75) is 12.8 Å². The van der Waals surface area contributed by atoms with Crippen LogP contribution < -0.4 is 4.74 Å². The summed E-state index contributed by atoms with van der Waals surface area (Å²) in [5, 5.41) is 0. The number of fused-ring (bicyclic) bond motifs is 1. The number of para-hydroxylation sites is 1. The molecule has 1 aliphatic rings. The van der Waals surface area contributed by atoms with E-state index in [1.165, 1.54) is 12.0 Å². The van der Waals surface area contributed by atoms with Crippen LogP contribution in [0.5, 0.6) is 5.75 Å². The molecule has 0 saturated carbocycles. The summed E-state index contributed by atoms with van der Waals surface area (Å²) in [4.78, 5) is 0. The van der Waals surface area contributed by atoms with Crippen LogP contribution in [-0.4, -0.2) is 41.6 Å². The van der Waals surface area contributed by atoms with Crippen LogP contribution in [-0.2, 0) is 6.42 Å². The molecule has 0 aliphatic carbocycles. The molecule has 1 heterocycles. The van der Waals surface area contributed by atoms with Gasteiger partial charge in [-0.2, -0.15) is 0 Å². The Morgan fingerprint density at radius 3 is 2.67 bits per heavy atom. The molecule has 0 amide bonds. The first-order chi connectivity index (χ1) is 4.97. The molecule has 0 radical (unpaired) electrons. The van der Waals surface area contributed by atoms with Crippen LogP contribution in [0.3, 0.4) is 0 Å². The SMILES string of the molecule is O.[NaH].c1ccc2c(c1)CCCO2. The molecule has 0 bridgehead atoms. The van der Waals surface area contributed by atoms with Gasteiger partial charge in [0.25, 0.3) is 0 Å². The van der Waals surface area contributed by atoms with Crippen LogP contribution in [0.2, 0.25) is 0 Å². The summed E-state index contributed by atoms with van der Waals surface area (Å²) in [5.41, 5.74) is 1.36. The number of hydrogen-bond donors (Lipinski definition) is 0. The van der Waals surface area contributed by atoms with Crippen molar-refractivity contribution in [3.63, 3.8) is 0 Å².